The molecule has 3 N–H and O–H groups in total. The number of hydrogen-bond acceptors (Lipinski definition) is 4. The van der Waals surface area contributed by atoms with Crippen LogP contribution in [-0.2, 0) is 16.1 Å². The number of carbonyl (C=O) groups is 2. The summed E-state index contributed by atoms with van der Waals surface area (Å²) in [6.07, 6.45) is 1.48. The van der Waals surface area contributed by atoms with E-state index in [2.05, 4.69) is 20.9 Å². The lowest BCUT2D eigenvalue weighted by Gasteiger charge is -2.10. The van der Waals surface area contributed by atoms with E-state index in [1.165, 1.54) is 6.07 Å². The Morgan fingerprint density at radius 3 is 2.88 bits per heavy atom. The molecule has 3 rings (SSSR count). The van der Waals surface area contributed by atoms with Gasteiger partial charge in [-0.2, -0.15) is 0 Å². The summed E-state index contributed by atoms with van der Waals surface area (Å²) in [6.45, 7) is 0.287. The number of hydrogen-bond donors (Lipinski definition) is 3. The van der Waals surface area contributed by atoms with Crippen molar-refractivity contribution in [3.8, 4) is 0 Å². The molecule has 1 aromatic heterocycles. The number of anilines is 1. The highest BCUT2D eigenvalue weighted by molar-refractivity contribution is 6.36. The van der Waals surface area contributed by atoms with Crippen molar-refractivity contribution in [2.24, 2.45) is 4.99 Å². The van der Waals surface area contributed by atoms with Crippen LogP contribution in [0.2, 0.25) is 10.0 Å². The highest BCUT2D eigenvalue weighted by Crippen LogP contribution is 2.25. The summed E-state index contributed by atoms with van der Waals surface area (Å²) in [4.78, 5) is 28.3. The van der Waals surface area contributed by atoms with Gasteiger partial charge in [0.25, 0.3) is 0 Å². The van der Waals surface area contributed by atoms with Gasteiger partial charge >= 0.3 is 0 Å². The average Bonchev–Trinajstić information content (AvgIpc) is 3.18. The summed E-state index contributed by atoms with van der Waals surface area (Å²) >= 11 is 11.8. The third kappa shape index (κ3) is 4.52. The van der Waals surface area contributed by atoms with E-state index in [-0.39, 0.29) is 24.8 Å². The van der Waals surface area contributed by atoms with Gasteiger partial charge in [-0.05, 0) is 30.3 Å². The number of amides is 2. The zero-order chi connectivity index (χ0) is 17.8. The first-order valence-corrected chi connectivity index (χ1v) is 8.16. The number of aliphatic imine (C=N–C) groups is 1. The van der Waals surface area contributed by atoms with Crippen LogP contribution in [0.4, 0.5) is 5.69 Å². The van der Waals surface area contributed by atoms with Gasteiger partial charge in [-0.15, -0.1) is 0 Å². The molecule has 2 amide bonds. The monoisotopic (exact) mass is 380 g/mol. The quantitative estimate of drug-likeness (QED) is 0.742. The zero-order valence-electron chi connectivity index (χ0n) is 12.9. The van der Waals surface area contributed by atoms with Gasteiger partial charge in [-0.1, -0.05) is 23.2 Å². The highest BCUT2D eigenvalue weighted by atomic mass is 35.5. The molecule has 1 aromatic carbocycles. The van der Waals surface area contributed by atoms with Crippen LogP contribution in [0.25, 0.3) is 0 Å². The Labute approximate surface area is 153 Å². The van der Waals surface area contributed by atoms with Gasteiger partial charge in [0.05, 0.1) is 23.4 Å². The normalized spacial score (nSPS) is 18.1. The predicted molar refractivity (Wildman–Crippen MR) is 94.6 cm³/mol. The summed E-state index contributed by atoms with van der Waals surface area (Å²) in [5, 5.41) is 8.91. The second-order valence-electron chi connectivity index (χ2n) is 5.31. The molecule has 130 valence electrons. The van der Waals surface area contributed by atoms with Gasteiger partial charge < -0.3 is 15.1 Å². The van der Waals surface area contributed by atoms with Gasteiger partial charge in [0.2, 0.25) is 11.8 Å². The SMILES string of the molecule is O=C(CC1NC(=NCc2ccco2)NC1=O)Nc1ccc(Cl)cc1Cl. The second kappa shape index (κ2) is 7.58. The van der Waals surface area contributed by atoms with Crippen molar-refractivity contribution in [2.75, 3.05) is 5.32 Å². The molecule has 0 radical (unpaired) electrons. The standard InChI is InChI=1S/C16H14Cl2N4O3/c17-9-3-4-12(11(18)6-9)20-14(23)7-13-15(24)22-16(21-13)19-8-10-2-1-5-25-10/h1-6,13H,7-8H2,(H,20,23)(H2,19,21,22,24). The number of nitrogens with zero attached hydrogens (tertiary/aromatic N) is 1. The minimum Gasteiger partial charge on any atom is -0.467 e. The first-order chi connectivity index (χ1) is 12.0. The van der Waals surface area contributed by atoms with Crippen LogP contribution >= 0.6 is 23.2 Å². The molecule has 2 heterocycles. The van der Waals surface area contributed by atoms with E-state index in [0.717, 1.165) is 0 Å². The van der Waals surface area contributed by atoms with Crippen molar-refractivity contribution in [3.05, 3.63) is 52.4 Å². The predicted octanol–water partition coefficient (Wildman–Crippen LogP) is 2.56. The van der Waals surface area contributed by atoms with E-state index >= 15 is 0 Å². The van der Waals surface area contributed by atoms with Crippen molar-refractivity contribution in [2.45, 2.75) is 19.0 Å². The summed E-state index contributed by atoms with van der Waals surface area (Å²) in [5.74, 6) is 0.297. The van der Waals surface area contributed by atoms with Crippen LogP contribution in [0.1, 0.15) is 12.2 Å². The highest BCUT2D eigenvalue weighted by Gasteiger charge is 2.30. The van der Waals surface area contributed by atoms with Crippen molar-refractivity contribution >= 4 is 46.7 Å². The molecule has 1 fully saturated rings. The van der Waals surface area contributed by atoms with E-state index in [0.29, 0.717) is 27.5 Å². The molecule has 1 saturated heterocycles. The van der Waals surface area contributed by atoms with Gasteiger partial charge in [0.1, 0.15) is 18.3 Å². The number of guanidine groups is 1. The molecule has 1 aliphatic heterocycles. The molecule has 0 bridgehead atoms. The van der Waals surface area contributed by atoms with Crippen molar-refractivity contribution in [3.63, 3.8) is 0 Å². The third-order valence-corrected chi connectivity index (χ3v) is 3.98. The van der Waals surface area contributed by atoms with E-state index in [4.69, 9.17) is 27.6 Å². The Balaban J connectivity index is 1.56. The molecule has 9 heteroatoms. The minimum absolute atomic E-state index is 0.0649. The van der Waals surface area contributed by atoms with Gasteiger partial charge in [0, 0.05) is 5.02 Å². The number of nitrogens with one attached hydrogen (secondary N) is 3. The maximum atomic E-state index is 12.1. The Hall–Kier alpha value is -2.51. The van der Waals surface area contributed by atoms with Crippen LogP contribution in [0.15, 0.2) is 46.0 Å². The lowest BCUT2D eigenvalue weighted by Crippen LogP contribution is -2.33. The van der Waals surface area contributed by atoms with Gasteiger partial charge in [-0.25, -0.2) is 4.99 Å². The molecule has 0 saturated carbocycles. The molecular weight excluding hydrogens is 367 g/mol. The molecule has 0 spiro atoms. The Bertz CT molecular complexity index is 821. The molecule has 0 aliphatic carbocycles. The molecule has 2 aromatic rings. The van der Waals surface area contributed by atoms with Crippen LogP contribution in [-0.4, -0.2) is 23.8 Å². The largest absolute Gasteiger partial charge is 0.467 e. The number of furan rings is 1. The summed E-state index contributed by atoms with van der Waals surface area (Å²) in [6, 6.07) is 7.57. The smallest absolute Gasteiger partial charge is 0.249 e. The Morgan fingerprint density at radius 2 is 2.16 bits per heavy atom. The van der Waals surface area contributed by atoms with Crippen molar-refractivity contribution in [1.82, 2.24) is 10.6 Å². The van der Waals surface area contributed by atoms with E-state index < -0.39 is 6.04 Å². The van der Waals surface area contributed by atoms with Crippen LogP contribution in [0, 0.1) is 0 Å². The van der Waals surface area contributed by atoms with Crippen LogP contribution in [0.3, 0.4) is 0 Å². The molecular formula is C16H14Cl2N4O3. The minimum atomic E-state index is -0.707. The van der Waals surface area contributed by atoms with E-state index in [1.54, 1.807) is 30.5 Å². The molecule has 1 unspecified atom stereocenters. The first kappa shape index (κ1) is 17.3. The van der Waals surface area contributed by atoms with E-state index in [1.807, 2.05) is 0 Å². The lowest BCUT2D eigenvalue weighted by atomic mass is 10.2. The number of carbonyl (C=O) groups excluding carboxylic acids is 2. The van der Waals surface area contributed by atoms with Gasteiger partial charge in [0.15, 0.2) is 5.96 Å². The average molecular weight is 381 g/mol. The Morgan fingerprint density at radius 1 is 1.32 bits per heavy atom. The molecule has 1 aliphatic rings. The zero-order valence-corrected chi connectivity index (χ0v) is 14.4. The molecule has 1 atom stereocenters. The molecule has 25 heavy (non-hydrogen) atoms. The van der Waals surface area contributed by atoms with Crippen LogP contribution in [0.5, 0.6) is 0 Å². The third-order valence-electron chi connectivity index (χ3n) is 3.44. The fourth-order valence-electron chi connectivity index (χ4n) is 2.24. The van der Waals surface area contributed by atoms with Crippen molar-refractivity contribution in [1.29, 1.82) is 0 Å². The van der Waals surface area contributed by atoms with E-state index in [9.17, 15) is 9.59 Å². The summed E-state index contributed by atoms with van der Waals surface area (Å²) in [7, 11) is 0. The van der Waals surface area contributed by atoms with Crippen LogP contribution < -0.4 is 16.0 Å². The van der Waals surface area contributed by atoms with Gasteiger partial charge in [-0.3, -0.25) is 14.9 Å². The topological polar surface area (TPSA) is 95.7 Å². The maximum Gasteiger partial charge on any atom is 0.249 e. The number of benzene rings is 1. The summed E-state index contributed by atoms with van der Waals surface area (Å²) < 4.78 is 5.16. The summed E-state index contributed by atoms with van der Waals surface area (Å²) in [5.41, 5.74) is 0.432. The fourth-order valence-corrected chi connectivity index (χ4v) is 2.69. The molecule has 7 nitrogen and oxygen atoms in total. The van der Waals surface area contributed by atoms with Crippen molar-refractivity contribution < 1.29 is 14.0 Å². The fraction of sp³-hybridized carbons (Fsp3) is 0.188. The number of rotatable bonds is 5. The number of halogens is 2. The second-order valence-corrected chi connectivity index (χ2v) is 6.15. The lowest BCUT2D eigenvalue weighted by molar-refractivity contribution is -0.124. The first-order valence-electron chi connectivity index (χ1n) is 7.40. The maximum absolute atomic E-state index is 12.1. The Kier molecular flexibility index (Phi) is 5.25.